The second kappa shape index (κ2) is 5.73. The summed E-state index contributed by atoms with van der Waals surface area (Å²) in [4.78, 5) is 11.7. The number of aromatic nitrogens is 2. The van der Waals surface area contributed by atoms with Crippen LogP contribution in [-0.2, 0) is 11.8 Å². The van der Waals surface area contributed by atoms with Gasteiger partial charge in [-0.2, -0.15) is 5.10 Å². The summed E-state index contributed by atoms with van der Waals surface area (Å²) in [6, 6.07) is 5.97. The predicted octanol–water partition coefficient (Wildman–Crippen LogP) is 2.41. The molecule has 1 aromatic heterocycles. The maximum Gasteiger partial charge on any atom is 0.356 e. The standard InChI is InChI=1S/C14H15FN2O3/c1-4-20-14(18)13-8-12(16-17(13)2)10-6-5-9(19-3)7-11(10)15/h5-8H,4H2,1-3H3. The first kappa shape index (κ1) is 14.0. The number of rotatable bonds is 4. The van der Waals surface area contributed by atoms with Gasteiger partial charge in [-0.1, -0.05) is 0 Å². The number of benzene rings is 1. The Hall–Kier alpha value is -2.37. The minimum Gasteiger partial charge on any atom is -0.497 e. The molecule has 1 heterocycles. The molecule has 0 aliphatic rings. The maximum atomic E-state index is 14.0. The summed E-state index contributed by atoms with van der Waals surface area (Å²) in [7, 11) is 3.07. The zero-order valence-corrected chi connectivity index (χ0v) is 11.5. The molecule has 0 fully saturated rings. The van der Waals surface area contributed by atoms with Gasteiger partial charge in [-0.3, -0.25) is 4.68 Å². The number of aryl methyl sites for hydroxylation is 1. The number of carbonyl (C=O) groups excluding carboxylic acids is 1. The quantitative estimate of drug-likeness (QED) is 0.806. The molecule has 2 rings (SSSR count). The van der Waals surface area contributed by atoms with Crippen molar-refractivity contribution in [3.8, 4) is 17.0 Å². The van der Waals surface area contributed by atoms with Crippen LogP contribution in [-0.4, -0.2) is 29.5 Å². The van der Waals surface area contributed by atoms with Gasteiger partial charge in [0.2, 0.25) is 0 Å². The van der Waals surface area contributed by atoms with E-state index in [0.717, 1.165) is 0 Å². The Bertz CT molecular complexity index is 637. The van der Waals surface area contributed by atoms with E-state index in [2.05, 4.69) is 5.10 Å². The van der Waals surface area contributed by atoms with Crippen molar-refractivity contribution >= 4 is 5.97 Å². The van der Waals surface area contributed by atoms with E-state index in [9.17, 15) is 9.18 Å². The highest BCUT2D eigenvalue weighted by molar-refractivity contribution is 5.89. The molecule has 0 bridgehead atoms. The summed E-state index contributed by atoms with van der Waals surface area (Å²) < 4.78 is 25.2. The second-order valence-electron chi connectivity index (χ2n) is 4.10. The number of ether oxygens (including phenoxy) is 2. The summed E-state index contributed by atoms with van der Waals surface area (Å²) in [6.45, 7) is 1.99. The number of esters is 1. The number of carbonyl (C=O) groups is 1. The normalized spacial score (nSPS) is 10.4. The van der Waals surface area contributed by atoms with Gasteiger partial charge in [-0.05, 0) is 25.1 Å². The Morgan fingerprint density at radius 2 is 2.15 bits per heavy atom. The predicted molar refractivity (Wildman–Crippen MR) is 71.1 cm³/mol. The van der Waals surface area contributed by atoms with Crippen LogP contribution in [0.3, 0.4) is 0 Å². The van der Waals surface area contributed by atoms with Crippen molar-refractivity contribution in [2.45, 2.75) is 6.92 Å². The van der Waals surface area contributed by atoms with Gasteiger partial charge in [0.15, 0.2) is 0 Å². The minimum absolute atomic E-state index is 0.274. The number of hydrogen-bond acceptors (Lipinski definition) is 4. The fourth-order valence-corrected chi connectivity index (χ4v) is 1.83. The molecular weight excluding hydrogens is 263 g/mol. The summed E-state index contributed by atoms with van der Waals surface area (Å²) in [6.07, 6.45) is 0. The van der Waals surface area contributed by atoms with Gasteiger partial charge in [0.25, 0.3) is 0 Å². The second-order valence-corrected chi connectivity index (χ2v) is 4.10. The summed E-state index contributed by atoms with van der Waals surface area (Å²) in [5, 5.41) is 4.14. The molecule has 0 radical (unpaired) electrons. The largest absolute Gasteiger partial charge is 0.497 e. The Kier molecular flexibility index (Phi) is 4.02. The molecule has 0 atom stereocenters. The Balaban J connectivity index is 2.39. The van der Waals surface area contributed by atoms with Crippen molar-refractivity contribution in [1.29, 1.82) is 0 Å². The molecule has 5 nitrogen and oxygen atoms in total. The third-order valence-corrected chi connectivity index (χ3v) is 2.82. The van der Waals surface area contributed by atoms with E-state index in [1.165, 1.54) is 23.9 Å². The average Bonchev–Trinajstić information content (AvgIpc) is 2.80. The van der Waals surface area contributed by atoms with E-state index >= 15 is 0 Å². The van der Waals surface area contributed by atoms with E-state index in [1.807, 2.05) is 0 Å². The monoisotopic (exact) mass is 278 g/mol. The molecule has 2 aromatic rings. The number of nitrogens with zero attached hydrogens (tertiary/aromatic N) is 2. The van der Waals surface area contributed by atoms with Crippen molar-refractivity contribution in [1.82, 2.24) is 9.78 Å². The van der Waals surface area contributed by atoms with Crippen LogP contribution in [0.5, 0.6) is 5.75 Å². The minimum atomic E-state index is -0.484. The first-order valence-corrected chi connectivity index (χ1v) is 6.12. The van der Waals surface area contributed by atoms with E-state index in [1.54, 1.807) is 26.1 Å². The fraction of sp³-hybridized carbons (Fsp3) is 0.286. The van der Waals surface area contributed by atoms with Gasteiger partial charge in [-0.15, -0.1) is 0 Å². The molecule has 0 saturated carbocycles. The highest BCUT2D eigenvalue weighted by Crippen LogP contribution is 2.25. The lowest BCUT2D eigenvalue weighted by Crippen LogP contribution is -2.10. The molecule has 6 heteroatoms. The van der Waals surface area contributed by atoms with Crippen molar-refractivity contribution < 1.29 is 18.7 Å². The van der Waals surface area contributed by atoms with Gasteiger partial charge in [0.1, 0.15) is 17.3 Å². The van der Waals surface area contributed by atoms with Crippen LogP contribution in [0.25, 0.3) is 11.3 Å². The molecule has 0 aliphatic carbocycles. The zero-order chi connectivity index (χ0) is 14.7. The van der Waals surface area contributed by atoms with Crippen molar-refractivity contribution in [2.24, 2.45) is 7.05 Å². The molecular formula is C14H15FN2O3. The molecule has 0 amide bonds. The van der Waals surface area contributed by atoms with Crippen molar-refractivity contribution in [3.63, 3.8) is 0 Å². The summed E-state index contributed by atoms with van der Waals surface area (Å²) in [5.41, 5.74) is 0.949. The highest BCUT2D eigenvalue weighted by Gasteiger charge is 2.17. The van der Waals surface area contributed by atoms with Gasteiger partial charge in [-0.25, -0.2) is 9.18 Å². The first-order chi connectivity index (χ1) is 9.56. The number of hydrogen-bond donors (Lipinski definition) is 0. The van der Waals surface area contributed by atoms with E-state index in [4.69, 9.17) is 9.47 Å². The van der Waals surface area contributed by atoms with Crippen molar-refractivity contribution in [2.75, 3.05) is 13.7 Å². The first-order valence-electron chi connectivity index (χ1n) is 6.12. The van der Waals surface area contributed by atoms with Crippen LogP contribution in [0.15, 0.2) is 24.3 Å². The Labute approximate surface area is 115 Å². The van der Waals surface area contributed by atoms with Crippen LogP contribution in [0, 0.1) is 5.82 Å². The van der Waals surface area contributed by atoms with E-state index in [0.29, 0.717) is 17.0 Å². The van der Waals surface area contributed by atoms with Crippen LogP contribution in [0.2, 0.25) is 0 Å². The summed E-state index contributed by atoms with van der Waals surface area (Å²) in [5.74, 6) is -0.520. The lowest BCUT2D eigenvalue weighted by molar-refractivity contribution is 0.0513. The smallest absolute Gasteiger partial charge is 0.356 e. The molecule has 0 saturated heterocycles. The SMILES string of the molecule is CCOC(=O)c1cc(-c2ccc(OC)cc2F)nn1C. The van der Waals surface area contributed by atoms with Gasteiger partial charge in [0.05, 0.1) is 19.4 Å². The van der Waals surface area contributed by atoms with Gasteiger partial charge >= 0.3 is 5.97 Å². The lowest BCUT2D eigenvalue weighted by atomic mass is 10.1. The third-order valence-electron chi connectivity index (χ3n) is 2.82. The Morgan fingerprint density at radius 1 is 1.40 bits per heavy atom. The molecule has 0 N–H and O–H groups in total. The lowest BCUT2D eigenvalue weighted by Gasteiger charge is -2.02. The molecule has 0 unspecified atom stereocenters. The van der Waals surface area contributed by atoms with Crippen LogP contribution >= 0.6 is 0 Å². The average molecular weight is 278 g/mol. The van der Waals surface area contributed by atoms with E-state index in [-0.39, 0.29) is 12.3 Å². The Morgan fingerprint density at radius 3 is 2.75 bits per heavy atom. The van der Waals surface area contributed by atoms with Crippen LogP contribution in [0.1, 0.15) is 17.4 Å². The zero-order valence-electron chi connectivity index (χ0n) is 11.5. The van der Waals surface area contributed by atoms with Gasteiger partial charge in [0, 0.05) is 18.7 Å². The molecule has 0 spiro atoms. The fourth-order valence-electron chi connectivity index (χ4n) is 1.83. The van der Waals surface area contributed by atoms with Crippen molar-refractivity contribution in [3.05, 3.63) is 35.8 Å². The molecule has 20 heavy (non-hydrogen) atoms. The number of halogens is 1. The third kappa shape index (κ3) is 2.64. The van der Waals surface area contributed by atoms with E-state index < -0.39 is 11.8 Å². The van der Waals surface area contributed by atoms with Crippen LogP contribution < -0.4 is 4.74 Å². The van der Waals surface area contributed by atoms with Gasteiger partial charge < -0.3 is 9.47 Å². The van der Waals surface area contributed by atoms with Crippen LogP contribution in [0.4, 0.5) is 4.39 Å². The maximum absolute atomic E-state index is 14.0. The number of methoxy groups -OCH3 is 1. The topological polar surface area (TPSA) is 53.4 Å². The molecule has 0 aliphatic heterocycles. The molecule has 1 aromatic carbocycles. The highest BCUT2D eigenvalue weighted by atomic mass is 19.1. The molecule has 106 valence electrons. The summed E-state index contributed by atoms with van der Waals surface area (Å²) >= 11 is 0.